The molecule has 3 rings (SSSR count). The summed E-state index contributed by atoms with van der Waals surface area (Å²) in [5.74, 6) is 0.711. The average molecular weight is 541 g/mol. The summed E-state index contributed by atoms with van der Waals surface area (Å²) in [5, 5.41) is 3.20. The summed E-state index contributed by atoms with van der Waals surface area (Å²) in [5.41, 5.74) is 1.28. The van der Waals surface area contributed by atoms with Gasteiger partial charge in [0.2, 0.25) is 0 Å². The van der Waals surface area contributed by atoms with Gasteiger partial charge in [-0.2, -0.15) is 13.2 Å². The smallest absolute Gasteiger partial charge is 0.373 e. The monoisotopic (exact) mass is 541 g/mol. The van der Waals surface area contributed by atoms with Gasteiger partial charge >= 0.3 is 6.18 Å². The van der Waals surface area contributed by atoms with Crippen LogP contribution in [0.5, 0.6) is 0 Å². The first kappa shape index (κ1) is 25.2. The van der Waals surface area contributed by atoms with Crippen molar-refractivity contribution in [3.8, 4) is 0 Å². The van der Waals surface area contributed by atoms with Gasteiger partial charge in [0.15, 0.2) is 5.96 Å². The van der Waals surface area contributed by atoms with Crippen molar-refractivity contribution in [2.45, 2.75) is 24.9 Å². The highest BCUT2D eigenvalue weighted by Crippen LogP contribution is 2.24. The van der Waals surface area contributed by atoms with E-state index >= 15 is 0 Å². The quantitative estimate of drug-likeness (QED) is 0.340. The van der Waals surface area contributed by atoms with Crippen molar-refractivity contribution in [3.63, 3.8) is 0 Å². The summed E-state index contributed by atoms with van der Waals surface area (Å²) in [6, 6.07) is 10.7. The van der Waals surface area contributed by atoms with Gasteiger partial charge in [0.05, 0.1) is 25.3 Å². The summed E-state index contributed by atoms with van der Waals surface area (Å²) in [6.45, 7) is 3.77. The third kappa shape index (κ3) is 7.24. The second-order valence-corrected chi connectivity index (χ2v) is 7.66. The molecule has 1 aromatic rings. The Kier molecular flexibility index (Phi) is 9.64. The Morgan fingerprint density at radius 3 is 2.67 bits per heavy atom. The molecule has 2 aliphatic rings. The molecule has 0 spiro atoms. The summed E-state index contributed by atoms with van der Waals surface area (Å²) in [4.78, 5) is 10.2. The molecule has 30 heavy (non-hydrogen) atoms. The van der Waals surface area contributed by atoms with E-state index in [9.17, 15) is 13.2 Å². The SMILES string of the molecule is CN=C(NCCN(C)CC(F)(F)F)N1CC2OCCN(Cc3ccccc3)C2C1.I. The summed E-state index contributed by atoms with van der Waals surface area (Å²) in [6.07, 6.45) is -4.07. The van der Waals surface area contributed by atoms with Gasteiger partial charge in [0, 0.05) is 46.3 Å². The molecule has 2 saturated heterocycles. The van der Waals surface area contributed by atoms with Crippen LogP contribution in [0, 0.1) is 0 Å². The Bertz CT molecular complexity index is 676. The molecule has 170 valence electrons. The van der Waals surface area contributed by atoms with E-state index in [1.807, 2.05) is 6.07 Å². The Labute approximate surface area is 193 Å². The average Bonchev–Trinajstić information content (AvgIpc) is 3.10. The molecule has 2 aliphatic heterocycles. The zero-order chi connectivity index (χ0) is 20.9. The van der Waals surface area contributed by atoms with E-state index in [0.29, 0.717) is 19.1 Å². The molecule has 2 fully saturated rings. The fourth-order valence-corrected chi connectivity index (χ4v) is 4.02. The number of hydrogen-bond acceptors (Lipinski definition) is 4. The first-order chi connectivity index (χ1) is 13.9. The molecule has 2 unspecified atom stereocenters. The fraction of sp³-hybridized carbons (Fsp3) is 0.650. The second-order valence-electron chi connectivity index (χ2n) is 7.66. The lowest BCUT2D eigenvalue weighted by atomic mass is 10.1. The number of nitrogens with one attached hydrogen (secondary N) is 1. The van der Waals surface area contributed by atoms with Crippen molar-refractivity contribution in [2.24, 2.45) is 4.99 Å². The van der Waals surface area contributed by atoms with Gasteiger partial charge in [0.25, 0.3) is 0 Å². The highest BCUT2D eigenvalue weighted by Gasteiger charge is 2.41. The molecule has 0 bridgehead atoms. The minimum absolute atomic E-state index is 0. The van der Waals surface area contributed by atoms with E-state index in [1.165, 1.54) is 17.5 Å². The van der Waals surface area contributed by atoms with Crippen LogP contribution < -0.4 is 5.32 Å². The Hall–Kier alpha value is -1.11. The van der Waals surface area contributed by atoms with E-state index in [4.69, 9.17) is 4.74 Å². The van der Waals surface area contributed by atoms with Crippen LogP contribution in [0.1, 0.15) is 5.56 Å². The summed E-state index contributed by atoms with van der Waals surface area (Å²) >= 11 is 0. The number of nitrogens with zero attached hydrogens (tertiary/aromatic N) is 4. The lowest BCUT2D eigenvalue weighted by molar-refractivity contribution is -0.142. The summed E-state index contributed by atoms with van der Waals surface area (Å²) < 4.78 is 43.4. The van der Waals surface area contributed by atoms with Crippen LogP contribution in [0.3, 0.4) is 0 Å². The van der Waals surface area contributed by atoms with Crippen LogP contribution >= 0.6 is 24.0 Å². The predicted octanol–water partition coefficient (Wildman–Crippen LogP) is 2.26. The molecular formula is C20H31F3IN5O. The van der Waals surface area contributed by atoms with Gasteiger partial charge in [-0.1, -0.05) is 30.3 Å². The number of aliphatic imine (C=N–C) groups is 1. The van der Waals surface area contributed by atoms with E-state index in [-0.39, 0.29) is 42.7 Å². The van der Waals surface area contributed by atoms with Gasteiger partial charge < -0.3 is 15.0 Å². The number of morpholine rings is 1. The van der Waals surface area contributed by atoms with E-state index < -0.39 is 12.7 Å². The number of alkyl halides is 3. The second kappa shape index (κ2) is 11.5. The Balaban J connectivity index is 0.00000320. The fourth-order valence-electron chi connectivity index (χ4n) is 4.02. The number of halogens is 4. The number of likely N-dealkylation sites (N-methyl/N-ethyl adjacent to an activating group) is 1. The van der Waals surface area contributed by atoms with Crippen molar-refractivity contribution in [1.82, 2.24) is 20.0 Å². The van der Waals surface area contributed by atoms with Gasteiger partial charge in [-0.15, -0.1) is 24.0 Å². The largest absolute Gasteiger partial charge is 0.401 e. The molecule has 0 aromatic heterocycles. The van der Waals surface area contributed by atoms with Crippen molar-refractivity contribution in [3.05, 3.63) is 35.9 Å². The highest BCUT2D eigenvalue weighted by molar-refractivity contribution is 14.0. The lowest BCUT2D eigenvalue weighted by Crippen LogP contribution is -2.50. The Morgan fingerprint density at radius 1 is 1.27 bits per heavy atom. The van der Waals surface area contributed by atoms with Crippen LogP contribution in [0.4, 0.5) is 13.2 Å². The van der Waals surface area contributed by atoms with Gasteiger partial charge in [-0.3, -0.25) is 14.8 Å². The van der Waals surface area contributed by atoms with Crippen molar-refractivity contribution in [1.29, 1.82) is 0 Å². The number of benzene rings is 1. The normalized spacial score (nSPS) is 22.7. The summed E-state index contributed by atoms with van der Waals surface area (Å²) in [7, 11) is 3.17. The molecule has 0 aliphatic carbocycles. The maximum absolute atomic E-state index is 12.5. The third-order valence-electron chi connectivity index (χ3n) is 5.38. The molecule has 0 radical (unpaired) electrons. The van der Waals surface area contributed by atoms with Crippen LogP contribution in [-0.4, -0.2) is 99.0 Å². The third-order valence-corrected chi connectivity index (χ3v) is 5.38. The van der Waals surface area contributed by atoms with E-state index in [2.05, 4.69) is 44.4 Å². The van der Waals surface area contributed by atoms with Gasteiger partial charge in [0.1, 0.15) is 0 Å². The van der Waals surface area contributed by atoms with Crippen LogP contribution in [0.25, 0.3) is 0 Å². The molecule has 0 saturated carbocycles. The molecule has 1 N–H and O–H groups in total. The van der Waals surface area contributed by atoms with Gasteiger partial charge in [-0.05, 0) is 12.6 Å². The minimum Gasteiger partial charge on any atom is -0.373 e. The number of hydrogen-bond donors (Lipinski definition) is 1. The number of rotatable bonds is 6. The molecule has 2 heterocycles. The molecule has 1 aromatic carbocycles. The number of likely N-dealkylation sites (tertiary alicyclic amines) is 1. The number of guanidine groups is 1. The first-order valence-electron chi connectivity index (χ1n) is 9.96. The van der Waals surface area contributed by atoms with E-state index in [1.54, 1.807) is 7.05 Å². The predicted molar refractivity (Wildman–Crippen MR) is 122 cm³/mol. The maximum Gasteiger partial charge on any atom is 0.401 e. The standard InChI is InChI=1S/C20H30F3N5O.HI/c1-24-19(25-8-9-26(2)15-20(21,22)23)28-13-17-18(14-28)29-11-10-27(17)12-16-6-4-3-5-7-16;/h3-7,17-18H,8-15H2,1-2H3,(H,24,25);1H. The lowest BCUT2D eigenvalue weighted by Gasteiger charge is -2.36. The van der Waals surface area contributed by atoms with Crippen LogP contribution in [-0.2, 0) is 11.3 Å². The Morgan fingerprint density at radius 2 is 2.00 bits per heavy atom. The maximum atomic E-state index is 12.5. The molecule has 10 heteroatoms. The zero-order valence-corrected chi connectivity index (χ0v) is 19.8. The number of ether oxygens (including phenoxy) is 1. The highest BCUT2D eigenvalue weighted by atomic mass is 127. The minimum atomic E-state index is -4.18. The van der Waals surface area contributed by atoms with Crippen molar-refractivity contribution >= 4 is 29.9 Å². The first-order valence-corrected chi connectivity index (χ1v) is 9.96. The molecule has 0 amide bonds. The molecular weight excluding hydrogens is 510 g/mol. The molecule has 6 nitrogen and oxygen atoms in total. The van der Waals surface area contributed by atoms with Crippen molar-refractivity contribution in [2.75, 3.05) is 60.0 Å². The van der Waals surface area contributed by atoms with Crippen LogP contribution in [0.15, 0.2) is 35.3 Å². The van der Waals surface area contributed by atoms with E-state index in [0.717, 1.165) is 26.2 Å². The van der Waals surface area contributed by atoms with Crippen molar-refractivity contribution < 1.29 is 17.9 Å². The van der Waals surface area contributed by atoms with Gasteiger partial charge in [-0.25, -0.2) is 0 Å². The van der Waals surface area contributed by atoms with Crippen LogP contribution in [0.2, 0.25) is 0 Å². The number of fused-ring (bicyclic) bond motifs is 1. The zero-order valence-electron chi connectivity index (χ0n) is 17.4. The topological polar surface area (TPSA) is 43.3 Å². The molecule has 2 atom stereocenters.